The van der Waals surface area contributed by atoms with Crippen LogP contribution < -0.4 is 15.8 Å². The predicted molar refractivity (Wildman–Crippen MR) is 63.1 cm³/mol. The minimum Gasteiger partial charge on any atom is -0.497 e. The van der Waals surface area contributed by atoms with E-state index in [0.29, 0.717) is 6.04 Å². The van der Waals surface area contributed by atoms with Gasteiger partial charge >= 0.3 is 0 Å². The highest BCUT2D eigenvalue weighted by Crippen LogP contribution is 2.21. The van der Waals surface area contributed by atoms with Crippen LogP contribution in [0, 0.1) is 0 Å². The van der Waals surface area contributed by atoms with Crippen LogP contribution in [0.5, 0.6) is 5.75 Å². The Balaban J connectivity index is 2.81. The fourth-order valence-corrected chi connectivity index (χ4v) is 1.65. The van der Waals surface area contributed by atoms with E-state index in [-0.39, 0.29) is 6.04 Å². The van der Waals surface area contributed by atoms with E-state index < -0.39 is 0 Å². The van der Waals surface area contributed by atoms with Gasteiger partial charge < -0.3 is 15.8 Å². The Morgan fingerprint density at radius 2 is 2.20 bits per heavy atom. The molecule has 0 bridgehead atoms. The van der Waals surface area contributed by atoms with Crippen LogP contribution in [-0.2, 0) is 0 Å². The number of rotatable bonds is 5. The molecule has 1 aromatic rings. The van der Waals surface area contributed by atoms with Crippen molar-refractivity contribution in [3.63, 3.8) is 0 Å². The lowest BCUT2D eigenvalue weighted by Crippen LogP contribution is -2.25. The van der Waals surface area contributed by atoms with Crippen molar-refractivity contribution < 1.29 is 4.74 Å². The molecule has 0 heterocycles. The maximum absolute atomic E-state index is 5.81. The summed E-state index contributed by atoms with van der Waals surface area (Å²) in [6.07, 6.45) is 0.920. The molecule has 1 aromatic carbocycles. The molecule has 0 aromatic heterocycles. The van der Waals surface area contributed by atoms with Crippen LogP contribution >= 0.6 is 0 Å². The molecule has 0 radical (unpaired) electrons. The van der Waals surface area contributed by atoms with Crippen LogP contribution in [0.4, 0.5) is 0 Å². The molecule has 2 unspecified atom stereocenters. The summed E-state index contributed by atoms with van der Waals surface area (Å²) >= 11 is 0. The molecule has 0 aliphatic rings. The lowest BCUT2D eigenvalue weighted by atomic mass is 10.0. The molecule has 0 amide bonds. The van der Waals surface area contributed by atoms with Crippen LogP contribution in [0.15, 0.2) is 24.3 Å². The number of hydrogen-bond donors (Lipinski definition) is 2. The Bertz CT molecular complexity index is 299. The molecule has 2 atom stereocenters. The maximum Gasteiger partial charge on any atom is 0.119 e. The van der Waals surface area contributed by atoms with Crippen LogP contribution in [0.3, 0.4) is 0 Å². The van der Waals surface area contributed by atoms with Gasteiger partial charge in [-0.3, -0.25) is 0 Å². The van der Waals surface area contributed by atoms with Gasteiger partial charge in [-0.2, -0.15) is 0 Å². The van der Waals surface area contributed by atoms with Gasteiger partial charge in [-0.15, -0.1) is 0 Å². The van der Waals surface area contributed by atoms with E-state index in [0.717, 1.165) is 12.2 Å². The molecular formula is C12H20N2O. The Labute approximate surface area is 91.6 Å². The van der Waals surface area contributed by atoms with Gasteiger partial charge in [0.2, 0.25) is 0 Å². The average Bonchev–Trinajstić information content (AvgIpc) is 2.25. The lowest BCUT2D eigenvalue weighted by molar-refractivity contribution is 0.412. The highest BCUT2D eigenvalue weighted by Gasteiger charge is 2.11. The average molecular weight is 208 g/mol. The van der Waals surface area contributed by atoms with E-state index in [2.05, 4.69) is 11.4 Å². The van der Waals surface area contributed by atoms with Crippen LogP contribution in [0.1, 0.15) is 24.9 Å². The first kappa shape index (κ1) is 12.0. The van der Waals surface area contributed by atoms with Crippen molar-refractivity contribution in [1.82, 2.24) is 5.32 Å². The Morgan fingerprint density at radius 1 is 1.47 bits per heavy atom. The third-order valence-electron chi connectivity index (χ3n) is 2.45. The van der Waals surface area contributed by atoms with Crippen LogP contribution in [0.25, 0.3) is 0 Å². The first-order valence-electron chi connectivity index (χ1n) is 5.24. The molecular weight excluding hydrogens is 188 g/mol. The standard InChI is InChI=1S/C12H20N2O/c1-9(13)7-12(14-2)10-5-4-6-11(8-10)15-3/h4-6,8-9,12,14H,7,13H2,1-3H3. The summed E-state index contributed by atoms with van der Waals surface area (Å²) < 4.78 is 5.20. The zero-order valence-electron chi connectivity index (χ0n) is 9.66. The van der Waals surface area contributed by atoms with E-state index in [1.165, 1.54) is 5.56 Å². The van der Waals surface area contributed by atoms with E-state index in [4.69, 9.17) is 10.5 Å². The first-order chi connectivity index (χ1) is 7.17. The van der Waals surface area contributed by atoms with Gasteiger partial charge in [0, 0.05) is 12.1 Å². The van der Waals surface area contributed by atoms with Crippen molar-refractivity contribution in [2.75, 3.05) is 14.2 Å². The smallest absolute Gasteiger partial charge is 0.119 e. The molecule has 0 saturated heterocycles. The van der Waals surface area contributed by atoms with E-state index in [9.17, 15) is 0 Å². The summed E-state index contributed by atoms with van der Waals surface area (Å²) in [5.74, 6) is 0.887. The minimum atomic E-state index is 0.189. The largest absolute Gasteiger partial charge is 0.497 e. The fourth-order valence-electron chi connectivity index (χ4n) is 1.65. The topological polar surface area (TPSA) is 47.3 Å². The summed E-state index contributed by atoms with van der Waals surface area (Å²) in [7, 11) is 3.63. The molecule has 1 rings (SSSR count). The number of nitrogens with one attached hydrogen (secondary N) is 1. The number of ether oxygens (including phenoxy) is 1. The fraction of sp³-hybridized carbons (Fsp3) is 0.500. The number of methoxy groups -OCH3 is 1. The molecule has 0 saturated carbocycles. The maximum atomic E-state index is 5.81. The Kier molecular flexibility index (Phi) is 4.59. The van der Waals surface area contributed by atoms with E-state index >= 15 is 0 Å². The van der Waals surface area contributed by atoms with Gasteiger partial charge in [0.05, 0.1) is 7.11 Å². The van der Waals surface area contributed by atoms with Gasteiger partial charge in [0.25, 0.3) is 0 Å². The molecule has 0 aliphatic heterocycles. The number of benzene rings is 1. The number of nitrogens with two attached hydrogens (primary N) is 1. The summed E-state index contributed by atoms with van der Waals surface area (Å²) in [6, 6.07) is 8.56. The number of hydrogen-bond acceptors (Lipinski definition) is 3. The van der Waals surface area contributed by atoms with Gasteiger partial charge in [0.15, 0.2) is 0 Å². The van der Waals surface area contributed by atoms with E-state index in [1.54, 1.807) is 7.11 Å². The third kappa shape index (κ3) is 3.53. The molecule has 3 nitrogen and oxygen atoms in total. The monoisotopic (exact) mass is 208 g/mol. The molecule has 15 heavy (non-hydrogen) atoms. The lowest BCUT2D eigenvalue weighted by Gasteiger charge is -2.19. The van der Waals surface area contributed by atoms with Crippen molar-refractivity contribution >= 4 is 0 Å². The molecule has 0 aliphatic carbocycles. The van der Waals surface area contributed by atoms with Crippen molar-refractivity contribution in [1.29, 1.82) is 0 Å². The molecule has 84 valence electrons. The zero-order valence-corrected chi connectivity index (χ0v) is 9.66. The predicted octanol–water partition coefficient (Wildman–Crippen LogP) is 1.69. The minimum absolute atomic E-state index is 0.189. The molecule has 0 fully saturated rings. The van der Waals surface area contributed by atoms with Crippen LogP contribution in [-0.4, -0.2) is 20.2 Å². The first-order valence-corrected chi connectivity index (χ1v) is 5.24. The van der Waals surface area contributed by atoms with Gasteiger partial charge in [-0.05, 0) is 38.1 Å². The quantitative estimate of drug-likeness (QED) is 0.774. The molecule has 0 spiro atoms. The molecule has 3 heteroatoms. The van der Waals surface area contributed by atoms with Gasteiger partial charge in [-0.1, -0.05) is 12.1 Å². The van der Waals surface area contributed by atoms with Crippen molar-refractivity contribution in [2.45, 2.75) is 25.4 Å². The molecule has 3 N–H and O–H groups in total. The highest BCUT2D eigenvalue weighted by atomic mass is 16.5. The van der Waals surface area contributed by atoms with Gasteiger partial charge in [0.1, 0.15) is 5.75 Å². The van der Waals surface area contributed by atoms with Crippen molar-refractivity contribution in [3.05, 3.63) is 29.8 Å². The highest BCUT2D eigenvalue weighted by molar-refractivity contribution is 5.30. The summed E-state index contributed by atoms with van der Waals surface area (Å²) in [5.41, 5.74) is 7.02. The van der Waals surface area contributed by atoms with Crippen LogP contribution in [0.2, 0.25) is 0 Å². The zero-order chi connectivity index (χ0) is 11.3. The second-order valence-electron chi connectivity index (χ2n) is 3.83. The van der Waals surface area contributed by atoms with E-state index in [1.807, 2.05) is 32.2 Å². The SMILES string of the molecule is CNC(CC(C)N)c1cccc(OC)c1. The summed E-state index contributed by atoms with van der Waals surface area (Å²) in [4.78, 5) is 0. The second-order valence-corrected chi connectivity index (χ2v) is 3.83. The normalized spacial score (nSPS) is 14.7. The summed E-state index contributed by atoms with van der Waals surface area (Å²) in [5, 5.41) is 3.27. The van der Waals surface area contributed by atoms with Gasteiger partial charge in [-0.25, -0.2) is 0 Å². The second kappa shape index (κ2) is 5.73. The Morgan fingerprint density at radius 3 is 2.73 bits per heavy atom. The summed E-state index contributed by atoms with van der Waals surface area (Å²) in [6.45, 7) is 2.02. The third-order valence-corrected chi connectivity index (χ3v) is 2.45. The van der Waals surface area contributed by atoms with Crippen molar-refractivity contribution in [3.8, 4) is 5.75 Å². The Hall–Kier alpha value is -1.06. The van der Waals surface area contributed by atoms with Crippen molar-refractivity contribution in [2.24, 2.45) is 5.73 Å².